The van der Waals surface area contributed by atoms with E-state index in [1.54, 1.807) is 12.1 Å². The minimum absolute atomic E-state index is 0.265. The van der Waals surface area contributed by atoms with Crippen molar-refractivity contribution in [2.45, 2.75) is 6.42 Å². The Morgan fingerprint density at radius 3 is 2.71 bits per heavy atom. The van der Waals surface area contributed by atoms with Crippen LogP contribution in [-0.4, -0.2) is 22.4 Å². The van der Waals surface area contributed by atoms with E-state index >= 15 is 0 Å². The minimum atomic E-state index is 0.265. The molecular formula is C12H11BrN2O2. The number of benzene rings is 1. The van der Waals surface area contributed by atoms with E-state index in [1.807, 2.05) is 18.2 Å². The highest BCUT2D eigenvalue weighted by atomic mass is 79.9. The summed E-state index contributed by atoms with van der Waals surface area (Å²) in [5.74, 6) is 0.715. The second-order valence-electron chi connectivity index (χ2n) is 3.50. The maximum absolute atomic E-state index is 9.66. The van der Waals surface area contributed by atoms with Gasteiger partial charge in [0.2, 0.25) is 5.88 Å². The zero-order chi connectivity index (χ0) is 12.3. The van der Waals surface area contributed by atoms with Gasteiger partial charge in [0.05, 0.1) is 17.3 Å². The predicted molar refractivity (Wildman–Crippen MR) is 67.2 cm³/mol. The number of phenolic OH excluding ortho intramolecular Hbond substituents is 1. The molecule has 0 saturated carbocycles. The number of aromatic hydroxyl groups is 1. The lowest BCUT2D eigenvalue weighted by Gasteiger charge is -2.05. The second kappa shape index (κ2) is 5.14. The van der Waals surface area contributed by atoms with Crippen LogP contribution in [0.15, 0.2) is 34.8 Å². The van der Waals surface area contributed by atoms with Gasteiger partial charge in [-0.1, -0.05) is 18.2 Å². The van der Waals surface area contributed by atoms with E-state index in [1.165, 1.54) is 7.11 Å². The lowest BCUT2D eigenvalue weighted by atomic mass is 10.1. The number of phenols is 1. The van der Waals surface area contributed by atoms with Crippen LogP contribution in [0.3, 0.4) is 0 Å². The Labute approximate surface area is 107 Å². The molecule has 2 rings (SSSR count). The van der Waals surface area contributed by atoms with Crippen LogP contribution in [0.4, 0.5) is 0 Å². The standard InChI is InChI=1S/C12H11BrN2O2/c1-17-12-10(13)7-9(14-15-12)6-8-4-2-3-5-11(8)16/h2-5,7,16H,6H2,1H3. The van der Waals surface area contributed by atoms with E-state index in [9.17, 15) is 5.11 Å². The van der Waals surface area contributed by atoms with Gasteiger partial charge in [-0.05, 0) is 33.6 Å². The molecule has 4 nitrogen and oxygen atoms in total. The third-order valence-electron chi connectivity index (χ3n) is 2.32. The van der Waals surface area contributed by atoms with Crippen LogP contribution < -0.4 is 4.74 Å². The fourth-order valence-corrected chi connectivity index (χ4v) is 1.98. The number of para-hydroxylation sites is 1. The van der Waals surface area contributed by atoms with Gasteiger partial charge in [-0.3, -0.25) is 0 Å². The number of rotatable bonds is 3. The van der Waals surface area contributed by atoms with Crippen molar-refractivity contribution in [3.8, 4) is 11.6 Å². The molecule has 1 N–H and O–H groups in total. The van der Waals surface area contributed by atoms with Crippen LogP contribution in [0.25, 0.3) is 0 Å². The lowest BCUT2D eigenvalue weighted by molar-refractivity contribution is 0.388. The van der Waals surface area contributed by atoms with Crippen molar-refractivity contribution in [1.82, 2.24) is 10.2 Å². The third-order valence-corrected chi connectivity index (χ3v) is 2.89. The quantitative estimate of drug-likeness (QED) is 0.945. The molecule has 0 spiro atoms. The number of methoxy groups -OCH3 is 1. The average Bonchev–Trinajstić information content (AvgIpc) is 2.32. The summed E-state index contributed by atoms with van der Waals surface area (Å²) in [5.41, 5.74) is 1.58. The number of aromatic nitrogens is 2. The molecule has 1 heterocycles. The minimum Gasteiger partial charge on any atom is -0.508 e. The Morgan fingerprint density at radius 2 is 2.06 bits per heavy atom. The summed E-state index contributed by atoms with van der Waals surface area (Å²) in [5, 5.41) is 17.6. The maximum Gasteiger partial charge on any atom is 0.247 e. The third kappa shape index (κ3) is 2.74. The van der Waals surface area contributed by atoms with Crippen molar-refractivity contribution in [2.24, 2.45) is 0 Å². The fourth-order valence-electron chi connectivity index (χ4n) is 1.47. The summed E-state index contributed by atoms with van der Waals surface area (Å²) in [6, 6.07) is 9.00. The van der Waals surface area contributed by atoms with Crippen LogP contribution in [0.2, 0.25) is 0 Å². The normalized spacial score (nSPS) is 10.2. The molecular weight excluding hydrogens is 284 g/mol. The number of hydrogen-bond donors (Lipinski definition) is 1. The molecule has 0 radical (unpaired) electrons. The van der Waals surface area contributed by atoms with Gasteiger partial charge in [-0.15, -0.1) is 5.10 Å². The van der Waals surface area contributed by atoms with Crippen molar-refractivity contribution in [1.29, 1.82) is 0 Å². The Hall–Kier alpha value is -1.62. The summed E-state index contributed by atoms with van der Waals surface area (Å²) in [6.45, 7) is 0. The molecule has 0 amide bonds. The summed E-state index contributed by atoms with van der Waals surface area (Å²) >= 11 is 3.35. The van der Waals surface area contributed by atoms with E-state index < -0.39 is 0 Å². The Balaban J connectivity index is 2.25. The van der Waals surface area contributed by atoms with E-state index in [-0.39, 0.29) is 5.75 Å². The van der Waals surface area contributed by atoms with Gasteiger partial charge in [-0.25, -0.2) is 0 Å². The molecule has 2 aromatic rings. The number of halogens is 1. The zero-order valence-electron chi connectivity index (χ0n) is 9.22. The molecule has 0 aliphatic heterocycles. The van der Waals surface area contributed by atoms with Crippen LogP contribution in [0.1, 0.15) is 11.3 Å². The molecule has 0 fully saturated rings. The van der Waals surface area contributed by atoms with Gasteiger partial charge in [0.1, 0.15) is 5.75 Å². The first-order chi connectivity index (χ1) is 8.20. The smallest absolute Gasteiger partial charge is 0.247 e. The Kier molecular flexibility index (Phi) is 3.58. The number of hydrogen-bond acceptors (Lipinski definition) is 4. The highest BCUT2D eigenvalue weighted by Gasteiger charge is 2.07. The van der Waals surface area contributed by atoms with Gasteiger partial charge in [-0.2, -0.15) is 5.10 Å². The monoisotopic (exact) mass is 294 g/mol. The molecule has 88 valence electrons. The van der Waals surface area contributed by atoms with Gasteiger partial charge in [0, 0.05) is 6.42 Å². The number of nitrogens with zero attached hydrogens (tertiary/aromatic N) is 2. The van der Waals surface area contributed by atoms with Crippen molar-refractivity contribution in [3.63, 3.8) is 0 Å². The molecule has 0 atom stereocenters. The largest absolute Gasteiger partial charge is 0.508 e. The van der Waals surface area contributed by atoms with Crippen LogP contribution in [0, 0.1) is 0 Å². The van der Waals surface area contributed by atoms with E-state index in [2.05, 4.69) is 26.1 Å². The Bertz CT molecular complexity index is 532. The first kappa shape index (κ1) is 11.9. The first-order valence-corrected chi connectivity index (χ1v) is 5.83. The topological polar surface area (TPSA) is 55.2 Å². The summed E-state index contributed by atoms with van der Waals surface area (Å²) in [6.07, 6.45) is 0.530. The molecule has 0 unspecified atom stereocenters. The maximum atomic E-state index is 9.66. The van der Waals surface area contributed by atoms with E-state index in [0.717, 1.165) is 15.7 Å². The molecule has 1 aromatic heterocycles. The summed E-state index contributed by atoms with van der Waals surface area (Å²) in [7, 11) is 1.54. The van der Waals surface area contributed by atoms with E-state index in [4.69, 9.17) is 4.74 Å². The highest BCUT2D eigenvalue weighted by Crippen LogP contribution is 2.24. The molecule has 1 aromatic carbocycles. The van der Waals surface area contributed by atoms with Gasteiger partial charge < -0.3 is 9.84 Å². The van der Waals surface area contributed by atoms with E-state index in [0.29, 0.717) is 12.3 Å². The van der Waals surface area contributed by atoms with Crippen molar-refractivity contribution in [3.05, 3.63) is 46.1 Å². The van der Waals surface area contributed by atoms with Crippen molar-refractivity contribution < 1.29 is 9.84 Å². The van der Waals surface area contributed by atoms with Gasteiger partial charge >= 0.3 is 0 Å². The Morgan fingerprint density at radius 1 is 1.29 bits per heavy atom. The van der Waals surface area contributed by atoms with Crippen LogP contribution in [0.5, 0.6) is 11.6 Å². The van der Waals surface area contributed by atoms with Crippen molar-refractivity contribution >= 4 is 15.9 Å². The zero-order valence-corrected chi connectivity index (χ0v) is 10.8. The highest BCUT2D eigenvalue weighted by molar-refractivity contribution is 9.10. The molecule has 0 saturated heterocycles. The van der Waals surface area contributed by atoms with Crippen LogP contribution >= 0.6 is 15.9 Å². The molecule has 17 heavy (non-hydrogen) atoms. The molecule has 0 bridgehead atoms. The molecule has 0 aliphatic carbocycles. The average molecular weight is 295 g/mol. The van der Waals surface area contributed by atoms with Crippen LogP contribution in [-0.2, 0) is 6.42 Å². The SMILES string of the molecule is COc1nnc(Cc2ccccc2O)cc1Br. The van der Waals surface area contributed by atoms with Gasteiger partial charge in [0.25, 0.3) is 0 Å². The predicted octanol–water partition coefficient (Wildman–Crippen LogP) is 2.54. The lowest BCUT2D eigenvalue weighted by Crippen LogP contribution is -1.98. The van der Waals surface area contributed by atoms with Gasteiger partial charge in [0.15, 0.2) is 0 Å². The summed E-state index contributed by atoms with van der Waals surface area (Å²) < 4.78 is 5.75. The summed E-state index contributed by atoms with van der Waals surface area (Å²) in [4.78, 5) is 0. The number of ether oxygens (including phenoxy) is 1. The molecule has 5 heteroatoms. The second-order valence-corrected chi connectivity index (χ2v) is 4.35. The molecule has 0 aliphatic rings. The fraction of sp³-hybridized carbons (Fsp3) is 0.167. The van der Waals surface area contributed by atoms with Crippen molar-refractivity contribution in [2.75, 3.05) is 7.11 Å². The first-order valence-electron chi connectivity index (χ1n) is 5.03.